The molecule has 0 fully saturated rings. The predicted molar refractivity (Wildman–Crippen MR) is 94.1 cm³/mol. The van der Waals surface area contributed by atoms with Crippen LogP contribution in [0.1, 0.15) is 18.9 Å². The van der Waals surface area contributed by atoms with E-state index in [1.165, 1.54) is 5.56 Å². The van der Waals surface area contributed by atoms with Gasteiger partial charge in [-0.1, -0.05) is 25.1 Å². The fourth-order valence-electron chi connectivity index (χ4n) is 2.52. The van der Waals surface area contributed by atoms with Gasteiger partial charge in [0.05, 0.1) is 12.5 Å². The average Bonchev–Trinajstić information content (AvgIpc) is 2.62. The molecule has 0 saturated carbocycles. The molecule has 1 aliphatic heterocycles. The van der Waals surface area contributed by atoms with Crippen LogP contribution in [-0.4, -0.2) is 51.9 Å². The van der Waals surface area contributed by atoms with Crippen molar-refractivity contribution in [3.8, 4) is 0 Å². The number of amides is 1. The summed E-state index contributed by atoms with van der Waals surface area (Å²) in [6, 6.07) is 8.00. The molecule has 0 aliphatic carbocycles. The second-order valence-electron chi connectivity index (χ2n) is 5.81. The van der Waals surface area contributed by atoms with Crippen molar-refractivity contribution < 1.29 is 20.1 Å². The van der Waals surface area contributed by atoms with Gasteiger partial charge in [0.25, 0.3) is 0 Å². The Hall–Kier alpha value is -1.32. The maximum atomic E-state index is 11.5. The number of aliphatic hydroxyl groups is 3. The molecule has 7 nitrogen and oxygen atoms in total. The third kappa shape index (κ3) is 5.09. The van der Waals surface area contributed by atoms with E-state index in [1.807, 2.05) is 23.1 Å². The number of nitrogens with one attached hydrogen (secondary N) is 2. The summed E-state index contributed by atoms with van der Waals surface area (Å²) in [5, 5.41) is 29.1. The number of hydrazine groups is 1. The summed E-state index contributed by atoms with van der Waals surface area (Å²) < 4.78 is 0. The lowest BCUT2D eigenvalue weighted by molar-refractivity contribution is -0.127. The zero-order valence-corrected chi connectivity index (χ0v) is 14.5. The number of benzene rings is 1. The van der Waals surface area contributed by atoms with Crippen LogP contribution in [0.15, 0.2) is 24.3 Å². The Morgan fingerprint density at radius 3 is 2.88 bits per heavy atom. The van der Waals surface area contributed by atoms with E-state index in [4.69, 9.17) is 5.11 Å². The number of hydrogen-bond acceptors (Lipinski definition) is 7. The standard InChI is InChI=1S/C16H25N3O4S/c1-11(9-20)15(22)17-18-16(23)24-10-14(21)19-8-4-6-12-5-2-3-7-13(12)19/h2-3,5,7,11,14,16,18,20-21,23H,4,6,8-10H2,1H3,(H,17,22)/t11-,14?,16?/m0/s1. The van der Waals surface area contributed by atoms with E-state index in [-0.39, 0.29) is 12.4 Å². The van der Waals surface area contributed by atoms with Gasteiger partial charge in [0.2, 0.25) is 5.91 Å². The van der Waals surface area contributed by atoms with E-state index in [0.29, 0.717) is 0 Å². The van der Waals surface area contributed by atoms with Gasteiger partial charge in [0.1, 0.15) is 6.23 Å². The molecular formula is C16H25N3O4S. The highest BCUT2D eigenvalue weighted by Crippen LogP contribution is 2.28. The normalized spacial score (nSPS) is 17.8. The number of anilines is 1. The smallest absolute Gasteiger partial charge is 0.239 e. The van der Waals surface area contributed by atoms with Gasteiger partial charge in [0, 0.05) is 18.0 Å². The molecule has 0 saturated heterocycles. The zero-order valence-electron chi connectivity index (χ0n) is 13.7. The second-order valence-corrected chi connectivity index (χ2v) is 6.92. The van der Waals surface area contributed by atoms with Gasteiger partial charge in [-0.05, 0) is 24.5 Å². The summed E-state index contributed by atoms with van der Waals surface area (Å²) in [5.41, 5.74) is 5.99. The van der Waals surface area contributed by atoms with Gasteiger partial charge in [-0.25, -0.2) is 0 Å². The first-order valence-corrected chi connectivity index (χ1v) is 9.06. The maximum Gasteiger partial charge on any atom is 0.239 e. The minimum Gasteiger partial charge on any atom is -0.396 e. The molecule has 0 spiro atoms. The molecule has 8 heteroatoms. The molecule has 1 aromatic carbocycles. The van der Waals surface area contributed by atoms with Crippen molar-refractivity contribution in [3.63, 3.8) is 0 Å². The number of aliphatic hydroxyl groups excluding tert-OH is 3. The highest BCUT2D eigenvalue weighted by Gasteiger charge is 2.23. The van der Waals surface area contributed by atoms with E-state index in [1.54, 1.807) is 6.92 Å². The zero-order chi connectivity index (χ0) is 17.5. The van der Waals surface area contributed by atoms with E-state index >= 15 is 0 Å². The van der Waals surface area contributed by atoms with Crippen molar-refractivity contribution in [3.05, 3.63) is 29.8 Å². The molecule has 1 aliphatic rings. The summed E-state index contributed by atoms with van der Waals surface area (Å²) in [7, 11) is 0. The Kier molecular flexibility index (Phi) is 7.32. The van der Waals surface area contributed by atoms with E-state index < -0.39 is 23.6 Å². The van der Waals surface area contributed by atoms with Crippen molar-refractivity contribution in [2.75, 3.05) is 23.8 Å². The first kappa shape index (κ1) is 19.0. The van der Waals surface area contributed by atoms with Crippen LogP contribution in [0.3, 0.4) is 0 Å². The number of thioether (sulfide) groups is 1. The molecule has 0 bridgehead atoms. The van der Waals surface area contributed by atoms with Crippen LogP contribution in [0.25, 0.3) is 0 Å². The van der Waals surface area contributed by atoms with Crippen LogP contribution in [0.4, 0.5) is 5.69 Å². The molecule has 0 aromatic heterocycles. The van der Waals surface area contributed by atoms with E-state index in [2.05, 4.69) is 16.9 Å². The van der Waals surface area contributed by atoms with Gasteiger partial charge in [-0.3, -0.25) is 10.2 Å². The maximum absolute atomic E-state index is 11.5. The number of aryl methyl sites for hydroxylation is 1. The van der Waals surface area contributed by atoms with Crippen molar-refractivity contribution in [1.29, 1.82) is 0 Å². The van der Waals surface area contributed by atoms with Crippen LogP contribution >= 0.6 is 11.8 Å². The Morgan fingerprint density at radius 1 is 1.38 bits per heavy atom. The summed E-state index contributed by atoms with van der Waals surface area (Å²) >= 11 is 1.09. The van der Waals surface area contributed by atoms with E-state index in [0.717, 1.165) is 36.8 Å². The molecule has 1 aromatic rings. The Balaban J connectivity index is 1.79. The summed E-state index contributed by atoms with van der Waals surface area (Å²) in [6.07, 6.45) is 1.26. The molecule has 1 amide bonds. The Labute approximate surface area is 146 Å². The average molecular weight is 355 g/mol. The number of nitrogens with zero attached hydrogens (tertiary/aromatic N) is 1. The van der Waals surface area contributed by atoms with Gasteiger partial charge in [-0.15, -0.1) is 11.8 Å². The molecule has 2 unspecified atom stereocenters. The lowest BCUT2D eigenvalue weighted by Gasteiger charge is -2.35. The summed E-state index contributed by atoms with van der Waals surface area (Å²) in [6.45, 7) is 2.09. The van der Waals surface area contributed by atoms with E-state index in [9.17, 15) is 15.0 Å². The first-order chi connectivity index (χ1) is 11.5. The summed E-state index contributed by atoms with van der Waals surface area (Å²) in [4.78, 5) is 13.4. The van der Waals surface area contributed by atoms with Crippen molar-refractivity contribution >= 4 is 23.4 Å². The van der Waals surface area contributed by atoms with Gasteiger partial charge < -0.3 is 20.2 Å². The topological polar surface area (TPSA) is 105 Å². The third-order valence-corrected chi connectivity index (χ3v) is 4.87. The van der Waals surface area contributed by atoms with Crippen LogP contribution in [0.2, 0.25) is 0 Å². The molecule has 134 valence electrons. The van der Waals surface area contributed by atoms with Crippen molar-refractivity contribution in [1.82, 2.24) is 10.9 Å². The molecular weight excluding hydrogens is 330 g/mol. The lowest BCUT2D eigenvalue weighted by atomic mass is 10.0. The number of rotatable bonds is 8. The number of fused-ring (bicyclic) bond motifs is 1. The van der Waals surface area contributed by atoms with Gasteiger partial charge in [0.15, 0.2) is 5.56 Å². The van der Waals surface area contributed by atoms with Crippen molar-refractivity contribution in [2.45, 2.75) is 31.6 Å². The molecule has 5 N–H and O–H groups in total. The van der Waals surface area contributed by atoms with Crippen LogP contribution in [0, 0.1) is 5.92 Å². The SMILES string of the molecule is C[C@@H](CO)C(=O)NNC(O)SCC(O)N1CCCc2ccccc21. The molecule has 2 rings (SSSR count). The fourth-order valence-corrected chi connectivity index (χ4v) is 3.20. The first-order valence-electron chi connectivity index (χ1n) is 8.01. The highest BCUT2D eigenvalue weighted by molar-refractivity contribution is 7.99. The van der Waals surface area contributed by atoms with Gasteiger partial charge >= 0.3 is 0 Å². The third-order valence-electron chi connectivity index (χ3n) is 3.95. The fraction of sp³-hybridized carbons (Fsp3) is 0.562. The number of hydrogen-bond donors (Lipinski definition) is 5. The quantitative estimate of drug-likeness (QED) is 0.331. The molecule has 1 heterocycles. The predicted octanol–water partition coefficient (Wildman–Crippen LogP) is 0.0159. The Bertz CT molecular complexity index is 546. The Morgan fingerprint density at radius 2 is 2.12 bits per heavy atom. The largest absolute Gasteiger partial charge is 0.396 e. The van der Waals surface area contributed by atoms with Crippen LogP contribution in [0.5, 0.6) is 0 Å². The van der Waals surface area contributed by atoms with Crippen LogP contribution in [-0.2, 0) is 11.2 Å². The van der Waals surface area contributed by atoms with Gasteiger partial charge in [-0.2, -0.15) is 5.43 Å². The monoisotopic (exact) mass is 355 g/mol. The summed E-state index contributed by atoms with van der Waals surface area (Å²) in [5.74, 6) is -0.665. The lowest BCUT2D eigenvalue weighted by Crippen LogP contribution is -2.47. The molecule has 3 atom stereocenters. The highest BCUT2D eigenvalue weighted by atomic mass is 32.2. The van der Waals surface area contributed by atoms with Crippen molar-refractivity contribution in [2.24, 2.45) is 5.92 Å². The molecule has 0 radical (unpaired) electrons. The number of para-hydroxylation sites is 1. The minimum atomic E-state index is -1.05. The number of carbonyl (C=O) groups is 1. The molecule has 24 heavy (non-hydrogen) atoms. The van der Waals surface area contributed by atoms with Crippen LogP contribution < -0.4 is 15.8 Å². The number of carbonyl (C=O) groups excluding carboxylic acids is 1. The second kappa shape index (κ2) is 9.24. The minimum absolute atomic E-state index is 0.260.